The number of carbonyl (C=O) groups is 2. The van der Waals surface area contributed by atoms with Crippen LogP contribution in [0.5, 0.6) is 0 Å². The molecule has 1 aromatic rings. The van der Waals surface area contributed by atoms with Crippen molar-refractivity contribution in [3.8, 4) is 0 Å². The van der Waals surface area contributed by atoms with Crippen molar-refractivity contribution in [3.63, 3.8) is 0 Å². The maximum absolute atomic E-state index is 11.9. The van der Waals surface area contributed by atoms with Gasteiger partial charge in [0.2, 0.25) is 11.8 Å². The van der Waals surface area contributed by atoms with Crippen LogP contribution in [0.25, 0.3) is 0 Å². The van der Waals surface area contributed by atoms with Gasteiger partial charge in [0.15, 0.2) is 0 Å². The molecule has 1 heterocycles. The molecule has 0 fully saturated rings. The van der Waals surface area contributed by atoms with E-state index in [4.69, 9.17) is 5.73 Å². The van der Waals surface area contributed by atoms with Crippen molar-refractivity contribution in [2.75, 3.05) is 16.8 Å². The van der Waals surface area contributed by atoms with Crippen LogP contribution in [0, 0.1) is 0 Å². The predicted molar refractivity (Wildman–Crippen MR) is 86.9 cm³/mol. The predicted octanol–water partition coefficient (Wildman–Crippen LogP) is 2.08. The van der Waals surface area contributed by atoms with Crippen molar-refractivity contribution in [3.05, 3.63) is 23.8 Å². The molecule has 116 valence electrons. The average Bonchev–Trinajstić information content (AvgIpc) is 2.82. The van der Waals surface area contributed by atoms with Crippen LogP contribution < -0.4 is 16.0 Å². The minimum atomic E-state index is -0.470. The zero-order valence-corrected chi connectivity index (χ0v) is 13.2. The Kier molecular flexibility index (Phi) is 6.18. The van der Waals surface area contributed by atoms with Crippen LogP contribution in [0.1, 0.15) is 32.3 Å². The van der Waals surface area contributed by atoms with E-state index in [0.29, 0.717) is 13.0 Å². The summed E-state index contributed by atoms with van der Waals surface area (Å²) in [6.45, 7) is 4.27. The van der Waals surface area contributed by atoms with Crippen LogP contribution in [-0.2, 0) is 16.0 Å². The van der Waals surface area contributed by atoms with Gasteiger partial charge in [0.1, 0.15) is 0 Å². The van der Waals surface area contributed by atoms with E-state index in [1.807, 2.05) is 25.1 Å². The number of hydrogen-bond acceptors (Lipinski definition) is 3. The van der Waals surface area contributed by atoms with Crippen molar-refractivity contribution in [1.82, 2.24) is 0 Å². The molecule has 2 amide bonds. The Labute approximate surface area is 131 Å². The highest BCUT2D eigenvalue weighted by Crippen LogP contribution is 2.30. The summed E-state index contributed by atoms with van der Waals surface area (Å²) in [5.41, 5.74) is 8.55. The minimum absolute atomic E-state index is 0. The number of nitrogens with one attached hydrogen (secondary N) is 1. The number of rotatable bonds is 4. The molecule has 2 rings (SSSR count). The first-order valence-electron chi connectivity index (χ1n) is 7.00. The molecule has 1 aliphatic heterocycles. The molecule has 6 heteroatoms. The maximum atomic E-state index is 11.9. The van der Waals surface area contributed by atoms with Gasteiger partial charge in [0.25, 0.3) is 0 Å². The second kappa shape index (κ2) is 7.43. The van der Waals surface area contributed by atoms with Crippen LogP contribution >= 0.6 is 12.4 Å². The Bertz CT molecular complexity index is 534. The second-order valence-corrected chi connectivity index (χ2v) is 5.15. The summed E-state index contributed by atoms with van der Waals surface area (Å²) in [6, 6.07) is 5.15. The largest absolute Gasteiger partial charge is 0.325 e. The highest BCUT2D eigenvalue weighted by molar-refractivity contribution is 5.97. The van der Waals surface area contributed by atoms with Gasteiger partial charge in [-0.1, -0.05) is 13.3 Å². The molecule has 0 saturated heterocycles. The van der Waals surface area contributed by atoms with Gasteiger partial charge in [-0.15, -0.1) is 12.4 Å². The summed E-state index contributed by atoms with van der Waals surface area (Å²) in [4.78, 5) is 25.1. The van der Waals surface area contributed by atoms with E-state index in [1.165, 1.54) is 0 Å². The Hall–Kier alpha value is -1.59. The van der Waals surface area contributed by atoms with Crippen LogP contribution in [0.4, 0.5) is 11.4 Å². The van der Waals surface area contributed by atoms with Crippen LogP contribution in [-0.4, -0.2) is 24.4 Å². The fourth-order valence-corrected chi connectivity index (χ4v) is 2.48. The Morgan fingerprint density at radius 2 is 2.14 bits per heavy atom. The second-order valence-electron chi connectivity index (χ2n) is 5.15. The molecule has 1 atom stereocenters. The van der Waals surface area contributed by atoms with E-state index in [2.05, 4.69) is 5.32 Å². The molecule has 0 bridgehead atoms. The van der Waals surface area contributed by atoms with Crippen molar-refractivity contribution in [2.24, 2.45) is 5.73 Å². The molecule has 5 nitrogen and oxygen atoms in total. The van der Waals surface area contributed by atoms with Crippen molar-refractivity contribution in [2.45, 2.75) is 39.2 Å². The third-order valence-electron chi connectivity index (χ3n) is 3.56. The molecule has 21 heavy (non-hydrogen) atoms. The lowest BCUT2D eigenvalue weighted by atomic mass is 10.1. The standard InChI is InChI=1S/C15H21N3O2.ClH/c1-3-4-13(16)15(20)17-12-5-6-14-11(9-12)7-8-18(14)10(2)19;/h5-6,9,13H,3-4,7-8,16H2,1-2H3,(H,17,20);1H. The summed E-state index contributed by atoms with van der Waals surface area (Å²) < 4.78 is 0. The quantitative estimate of drug-likeness (QED) is 0.894. The number of anilines is 2. The number of carbonyl (C=O) groups excluding carboxylic acids is 2. The van der Waals surface area contributed by atoms with Crippen molar-refractivity contribution >= 4 is 35.6 Å². The summed E-state index contributed by atoms with van der Waals surface area (Å²) in [5.74, 6) is -0.112. The number of amides is 2. The third kappa shape index (κ3) is 3.95. The molecular formula is C15H22ClN3O2. The lowest BCUT2D eigenvalue weighted by Gasteiger charge is -2.15. The monoisotopic (exact) mass is 311 g/mol. The summed E-state index contributed by atoms with van der Waals surface area (Å²) in [5, 5.41) is 2.83. The molecule has 0 aliphatic carbocycles. The summed E-state index contributed by atoms with van der Waals surface area (Å²) in [7, 11) is 0. The number of benzene rings is 1. The number of halogens is 1. The van der Waals surface area contributed by atoms with E-state index in [-0.39, 0.29) is 24.2 Å². The van der Waals surface area contributed by atoms with E-state index >= 15 is 0 Å². The highest BCUT2D eigenvalue weighted by Gasteiger charge is 2.22. The number of hydrogen-bond donors (Lipinski definition) is 2. The van der Waals surface area contributed by atoms with E-state index in [0.717, 1.165) is 29.8 Å². The molecule has 3 N–H and O–H groups in total. The normalized spacial score (nSPS) is 14.1. The molecule has 1 aromatic carbocycles. The van der Waals surface area contributed by atoms with Gasteiger partial charge in [-0.25, -0.2) is 0 Å². The number of nitrogens with two attached hydrogens (primary N) is 1. The van der Waals surface area contributed by atoms with Gasteiger partial charge in [0.05, 0.1) is 6.04 Å². The molecule has 0 saturated carbocycles. The first-order chi connectivity index (χ1) is 9.52. The maximum Gasteiger partial charge on any atom is 0.241 e. The average molecular weight is 312 g/mol. The number of fused-ring (bicyclic) bond motifs is 1. The fraction of sp³-hybridized carbons (Fsp3) is 0.467. The minimum Gasteiger partial charge on any atom is -0.325 e. The van der Waals surface area contributed by atoms with Crippen molar-refractivity contribution < 1.29 is 9.59 Å². The Morgan fingerprint density at radius 1 is 1.43 bits per heavy atom. The van der Waals surface area contributed by atoms with Gasteiger partial charge < -0.3 is 16.0 Å². The highest BCUT2D eigenvalue weighted by atomic mass is 35.5. The van der Waals surface area contributed by atoms with Gasteiger partial charge in [-0.05, 0) is 36.6 Å². The van der Waals surface area contributed by atoms with Gasteiger partial charge >= 0.3 is 0 Å². The van der Waals surface area contributed by atoms with Crippen molar-refractivity contribution in [1.29, 1.82) is 0 Å². The van der Waals surface area contributed by atoms with Gasteiger partial charge in [0, 0.05) is 24.8 Å². The van der Waals surface area contributed by atoms with Crippen LogP contribution in [0.2, 0.25) is 0 Å². The zero-order valence-electron chi connectivity index (χ0n) is 12.4. The summed E-state index contributed by atoms with van der Waals surface area (Å²) >= 11 is 0. The molecular weight excluding hydrogens is 290 g/mol. The summed E-state index contributed by atoms with van der Waals surface area (Å²) in [6.07, 6.45) is 2.38. The van der Waals surface area contributed by atoms with Gasteiger partial charge in [-0.2, -0.15) is 0 Å². The molecule has 0 aromatic heterocycles. The fourth-order valence-electron chi connectivity index (χ4n) is 2.48. The van der Waals surface area contributed by atoms with Gasteiger partial charge in [-0.3, -0.25) is 9.59 Å². The number of nitrogens with zero attached hydrogens (tertiary/aromatic N) is 1. The first kappa shape index (κ1) is 17.5. The molecule has 1 unspecified atom stereocenters. The van der Waals surface area contributed by atoms with E-state index in [9.17, 15) is 9.59 Å². The molecule has 0 radical (unpaired) electrons. The Balaban J connectivity index is 0.00000220. The first-order valence-corrected chi connectivity index (χ1v) is 7.00. The third-order valence-corrected chi connectivity index (χ3v) is 3.56. The lowest BCUT2D eigenvalue weighted by Crippen LogP contribution is -2.35. The molecule has 1 aliphatic rings. The smallest absolute Gasteiger partial charge is 0.241 e. The zero-order chi connectivity index (χ0) is 14.7. The lowest BCUT2D eigenvalue weighted by molar-refractivity contribution is -0.118. The van der Waals surface area contributed by atoms with E-state index < -0.39 is 6.04 Å². The molecule has 0 spiro atoms. The van der Waals surface area contributed by atoms with Crippen LogP contribution in [0.3, 0.4) is 0 Å². The SMILES string of the molecule is CCCC(N)C(=O)Nc1ccc2c(c1)CCN2C(C)=O.Cl. The Morgan fingerprint density at radius 3 is 2.76 bits per heavy atom. The van der Waals surface area contributed by atoms with E-state index in [1.54, 1.807) is 11.8 Å². The van der Waals surface area contributed by atoms with Crippen LogP contribution in [0.15, 0.2) is 18.2 Å². The topological polar surface area (TPSA) is 75.4 Å².